The average molecular weight is 234 g/mol. The summed E-state index contributed by atoms with van der Waals surface area (Å²) in [6.45, 7) is 5.52. The summed E-state index contributed by atoms with van der Waals surface area (Å²) in [6.07, 6.45) is 11.2. The summed E-state index contributed by atoms with van der Waals surface area (Å²) < 4.78 is 1.96. The van der Waals surface area contributed by atoms with E-state index < -0.39 is 0 Å². The Morgan fingerprint density at radius 1 is 1.41 bits per heavy atom. The predicted molar refractivity (Wildman–Crippen MR) is 68.5 cm³/mol. The Morgan fingerprint density at radius 2 is 2.29 bits per heavy atom. The summed E-state index contributed by atoms with van der Waals surface area (Å²) in [5.41, 5.74) is 0. The van der Waals surface area contributed by atoms with Crippen LogP contribution in [0, 0.1) is 0 Å². The van der Waals surface area contributed by atoms with Gasteiger partial charge in [0.2, 0.25) is 0 Å². The number of aryl methyl sites for hydroxylation is 1. The van der Waals surface area contributed by atoms with Crippen molar-refractivity contribution in [3.05, 3.63) is 24.8 Å². The first kappa shape index (κ1) is 12.3. The highest BCUT2D eigenvalue weighted by Gasteiger charge is 2.20. The van der Waals surface area contributed by atoms with Gasteiger partial charge < -0.3 is 5.32 Å². The molecule has 4 heteroatoms. The van der Waals surface area contributed by atoms with Gasteiger partial charge in [-0.1, -0.05) is 12.5 Å². The molecule has 0 aliphatic heterocycles. The van der Waals surface area contributed by atoms with Crippen molar-refractivity contribution < 1.29 is 0 Å². The summed E-state index contributed by atoms with van der Waals surface area (Å²) in [7, 11) is 0. The van der Waals surface area contributed by atoms with Crippen LogP contribution in [0.1, 0.15) is 44.3 Å². The summed E-state index contributed by atoms with van der Waals surface area (Å²) in [5.74, 6) is 0.919. The molecule has 1 saturated carbocycles. The summed E-state index contributed by atoms with van der Waals surface area (Å²) in [6, 6.07) is 0.723. The molecule has 1 aliphatic rings. The van der Waals surface area contributed by atoms with Gasteiger partial charge in [0.15, 0.2) is 5.82 Å². The molecule has 1 N–H and O–H groups in total. The van der Waals surface area contributed by atoms with Crippen molar-refractivity contribution in [1.29, 1.82) is 0 Å². The number of hydrogen-bond donors (Lipinski definition) is 1. The van der Waals surface area contributed by atoms with Crippen molar-refractivity contribution in [2.75, 3.05) is 0 Å². The van der Waals surface area contributed by atoms with E-state index in [1.54, 1.807) is 0 Å². The van der Waals surface area contributed by atoms with E-state index in [1.165, 1.54) is 32.1 Å². The van der Waals surface area contributed by atoms with Gasteiger partial charge in [0.05, 0.1) is 6.54 Å². The highest BCUT2D eigenvalue weighted by Crippen LogP contribution is 2.18. The van der Waals surface area contributed by atoms with Crippen LogP contribution in [0.5, 0.6) is 0 Å². The molecule has 0 unspecified atom stereocenters. The van der Waals surface area contributed by atoms with Crippen molar-refractivity contribution in [2.24, 2.45) is 0 Å². The Hall–Kier alpha value is -1.16. The highest BCUT2D eigenvalue weighted by molar-refractivity contribution is 4.87. The Morgan fingerprint density at radius 3 is 3.06 bits per heavy atom. The number of nitrogens with zero attached hydrogens (tertiary/aromatic N) is 3. The van der Waals surface area contributed by atoms with Crippen molar-refractivity contribution in [1.82, 2.24) is 20.1 Å². The van der Waals surface area contributed by atoms with Gasteiger partial charge >= 0.3 is 0 Å². The van der Waals surface area contributed by atoms with Gasteiger partial charge in [-0.2, -0.15) is 5.10 Å². The van der Waals surface area contributed by atoms with E-state index in [0.29, 0.717) is 0 Å². The van der Waals surface area contributed by atoms with Crippen LogP contribution < -0.4 is 5.32 Å². The van der Waals surface area contributed by atoms with E-state index in [0.717, 1.165) is 31.4 Å². The van der Waals surface area contributed by atoms with Gasteiger partial charge in [0.1, 0.15) is 6.33 Å². The number of rotatable bonds is 9. The molecule has 1 aliphatic carbocycles. The molecule has 0 spiro atoms. The number of unbranched alkanes of at least 4 members (excludes halogenated alkanes) is 3. The second-order valence-electron chi connectivity index (χ2n) is 4.72. The zero-order chi connectivity index (χ0) is 11.9. The maximum Gasteiger partial charge on any atom is 0.164 e. The van der Waals surface area contributed by atoms with E-state index >= 15 is 0 Å². The van der Waals surface area contributed by atoms with E-state index in [4.69, 9.17) is 0 Å². The molecule has 94 valence electrons. The Labute approximate surface area is 103 Å². The van der Waals surface area contributed by atoms with Crippen molar-refractivity contribution in [2.45, 2.75) is 57.7 Å². The Bertz CT molecular complexity index is 341. The lowest BCUT2D eigenvalue weighted by molar-refractivity contribution is 0.536. The maximum absolute atomic E-state index is 4.45. The Kier molecular flexibility index (Phi) is 4.74. The fraction of sp³-hybridized carbons (Fsp3) is 0.692. The minimum Gasteiger partial charge on any atom is -0.307 e. The lowest BCUT2D eigenvalue weighted by atomic mass is 10.2. The average Bonchev–Trinajstić information content (AvgIpc) is 3.06. The van der Waals surface area contributed by atoms with Crippen LogP contribution in [0.2, 0.25) is 0 Å². The largest absolute Gasteiger partial charge is 0.307 e. The van der Waals surface area contributed by atoms with Gasteiger partial charge in [-0.15, -0.1) is 6.58 Å². The third-order valence-electron chi connectivity index (χ3n) is 3.01. The topological polar surface area (TPSA) is 42.7 Å². The fourth-order valence-corrected chi connectivity index (χ4v) is 1.78. The van der Waals surface area contributed by atoms with E-state index in [9.17, 15) is 0 Å². The third kappa shape index (κ3) is 4.69. The van der Waals surface area contributed by atoms with E-state index in [2.05, 4.69) is 22.0 Å². The first-order valence-electron chi connectivity index (χ1n) is 6.61. The minimum absolute atomic E-state index is 0.723. The normalized spacial score (nSPS) is 15.1. The molecule has 0 amide bonds. The van der Waals surface area contributed by atoms with Crippen molar-refractivity contribution >= 4 is 0 Å². The van der Waals surface area contributed by atoms with Crippen LogP contribution in [0.25, 0.3) is 0 Å². The molecule has 0 atom stereocenters. The van der Waals surface area contributed by atoms with Gasteiger partial charge in [-0.25, -0.2) is 4.98 Å². The highest BCUT2D eigenvalue weighted by atomic mass is 15.3. The third-order valence-corrected chi connectivity index (χ3v) is 3.01. The predicted octanol–water partition coefficient (Wildman–Crippen LogP) is 2.28. The van der Waals surface area contributed by atoms with Gasteiger partial charge in [-0.3, -0.25) is 4.68 Å². The second-order valence-corrected chi connectivity index (χ2v) is 4.72. The van der Waals surface area contributed by atoms with Gasteiger partial charge in [0, 0.05) is 12.6 Å². The summed E-state index contributed by atoms with van der Waals surface area (Å²) in [4.78, 5) is 4.30. The maximum atomic E-state index is 4.45. The number of allylic oxidation sites excluding steroid dienone is 1. The number of nitrogens with one attached hydrogen (secondary N) is 1. The molecule has 1 heterocycles. The standard InChI is InChI=1S/C13H22N4/c1-2-3-4-5-6-9-17-11-15-13(16-17)10-14-12-7-8-12/h2,11-12,14H,1,3-10H2. The molecule has 0 radical (unpaired) electrons. The molecule has 17 heavy (non-hydrogen) atoms. The SMILES string of the molecule is C=CCCCCCn1cnc(CNC2CC2)n1. The molecular weight excluding hydrogens is 212 g/mol. The lowest BCUT2D eigenvalue weighted by Gasteiger charge is -2.00. The first-order valence-corrected chi connectivity index (χ1v) is 6.61. The lowest BCUT2D eigenvalue weighted by Crippen LogP contribution is -2.16. The van der Waals surface area contributed by atoms with E-state index in [1.807, 2.05) is 17.1 Å². The summed E-state index contributed by atoms with van der Waals surface area (Å²) in [5, 5.41) is 7.87. The van der Waals surface area contributed by atoms with Gasteiger partial charge in [0.25, 0.3) is 0 Å². The molecular formula is C13H22N4. The van der Waals surface area contributed by atoms with Crippen LogP contribution >= 0.6 is 0 Å². The molecule has 1 fully saturated rings. The second kappa shape index (κ2) is 6.55. The molecule has 4 nitrogen and oxygen atoms in total. The monoisotopic (exact) mass is 234 g/mol. The van der Waals surface area contributed by atoms with Crippen molar-refractivity contribution in [3.63, 3.8) is 0 Å². The molecule has 1 aromatic rings. The van der Waals surface area contributed by atoms with E-state index in [-0.39, 0.29) is 0 Å². The van der Waals surface area contributed by atoms with Crippen LogP contribution in [0.15, 0.2) is 19.0 Å². The smallest absolute Gasteiger partial charge is 0.164 e. The van der Waals surface area contributed by atoms with Crippen molar-refractivity contribution in [3.8, 4) is 0 Å². The van der Waals surface area contributed by atoms with Crippen LogP contribution in [0.4, 0.5) is 0 Å². The zero-order valence-electron chi connectivity index (χ0n) is 10.4. The number of aromatic nitrogens is 3. The van der Waals surface area contributed by atoms with Crippen LogP contribution in [0.3, 0.4) is 0 Å². The van der Waals surface area contributed by atoms with Crippen LogP contribution in [-0.2, 0) is 13.1 Å². The number of hydrogen-bond acceptors (Lipinski definition) is 3. The quantitative estimate of drug-likeness (QED) is 0.526. The zero-order valence-corrected chi connectivity index (χ0v) is 10.4. The minimum atomic E-state index is 0.723. The fourth-order valence-electron chi connectivity index (χ4n) is 1.78. The first-order chi connectivity index (χ1) is 8.38. The van der Waals surface area contributed by atoms with Gasteiger partial charge in [-0.05, 0) is 32.1 Å². The molecule has 0 saturated heterocycles. The molecule has 0 aromatic carbocycles. The summed E-state index contributed by atoms with van der Waals surface area (Å²) >= 11 is 0. The molecule has 0 bridgehead atoms. The molecule has 1 aromatic heterocycles. The Balaban J connectivity index is 1.61. The van der Waals surface area contributed by atoms with Crippen LogP contribution in [-0.4, -0.2) is 20.8 Å². The molecule has 2 rings (SSSR count).